The highest BCUT2D eigenvalue weighted by molar-refractivity contribution is 5.43. The zero-order chi connectivity index (χ0) is 13.8. The van der Waals surface area contributed by atoms with Gasteiger partial charge >= 0.3 is 0 Å². The number of hydrogen-bond acceptors (Lipinski definition) is 4. The lowest BCUT2D eigenvalue weighted by Gasteiger charge is -2.10. The molecule has 0 fully saturated rings. The van der Waals surface area contributed by atoms with Crippen LogP contribution in [0.2, 0.25) is 0 Å². The summed E-state index contributed by atoms with van der Waals surface area (Å²) in [5, 5.41) is 8.90. The van der Waals surface area contributed by atoms with Gasteiger partial charge in [0.25, 0.3) is 0 Å². The van der Waals surface area contributed by atoms with Crippen molar-refractivity contribution in [2.45, 2.75) is 19.9 Å². The maximum atomic E-state index is 8.90. The summed E-state index contributed by atoms with van der Waals surface area (Å²) in [4.78, 5) is 4.15. The van der Waals surface area contributed by atoms with Gasteiger partial charge in [-0.3, -0.25) is 0 Å². The van der Waals surface area contributed by atoms with Crippen LogP contribution in [-0.2, 0) is 0 Å². The second-order valence-electron chi connectivity index (χ2n) is 4.41. The summed E-state index contributed by atoms with van der Waals surface area (Å²) in [6.45, 7) is 3.83. The predicted molar refractivity (Wildman–Crippen MR) is 72.8 cm³/mol. The topological polar surface area (TPSA) is 71.9 Å². The van der Waals surface area contributed by atoms with Crippen molar-refractivity contribution >= 4 is 0 Å². The molecule has 4 nitrogen and oxygen atoms in total. The Bertz CT molecular complexity index is 630. The molecule has 0 saturated heterocycles. The first-order valence-corrected chi connectivity index (χ1v) is 6.00. The fraction of sp³-hybridized carbons (Fsp3) is 0.200. The van der Waals surface area contributed by atoms with Crippen molar-refractivity contribution in [3.63, 3.8) is 0 Å². The predicted octanol–water partition coefficient (Wildman–Crippen LogP) is 3.07. The zero-order valence-corrected chi connectivity index (χ0v) is 10.9. The van der Waals surface area contributed by atoms with Crippen molar-refractivity contribution in [3.8, 4) is 17.7 Å². The second-order valence-corrected chi connectivity index (χ2v) is 4.41. The van der Waals surface area contributed by atoms with Gasteiger partial charge in [0.05, 0.1) is 11.6 Å². The van der Waals surface area contributed by atoms with Crippen LogP contribution < -0.4 is 10.5 Å². The minimum Gasteiger partial charge on any atom is -0.439 e. The van der Waals surface area contributed by atoms with Crippen molar-refractivity contribution in [1.29, 1.82) is 5.26 Å². The van der Waals surface area contributed by atoms with Crippen LogP contribution >= 0.6 is 0 Å². The van der Waals surface area contributed by atoms with E-state index in [1.807, 2.05) is 32.0 Å². The van der Waals surface area contributed by atoms with Gasteiger partial charge in [-0.05, 0) is 43.2 Å². The summed E-state index contributed by atoms with van der Waals surface area (Å²) in [6.07, 6.45) is 1.66. The fourth-order valence-electron chi connectivity index (χ4n) is 1.66. The summed E-state index contributed by atoms with van der Waals surface area (Å²) in [5.41, 5.74) is 8.29. The van der Waals surface area contributed by atoms with E-state index in [0.29, 0.717) is 17.2 Å². The Kier molecular flexibility index (Phi) is 3.79. The van der Waals surface area contributed by atoms with Gasteiger partial charge in [-0.25, -0.2) is 4.98 Å². The summed E-state index contributed by atoms with van der Waals surface area (Å²) < 4.78 is 5.72. The third-order valence-electron chi connectivity index (χ3n) is 2.82. The molecule has 2 rings (SSSR count). The number of aryl methyl sites for hydroxylation is 1. The van der Waals surface area contributed by atoms with E-state index < -0.39 is 0 Å². The number of aromatic nitrogens is 1. The molecule has 2 aromatic rings. The van der Waals surface area contributed by atoms with Gasteiger partial charge in [0.1, 0.15) is 5.75 Å². The van der Waals surface area contributed by atoms with Gasteiger partial charge in [0.2, 0.25) is 5.88 Å². The molecule has 1 heterocycles. The van der Waals surface area contributed by atoms with E-state index in [-0.39, 0.29) is 6.04 Å². The lowest BCUT2D eigenvalue weighted by atomic mass is 10.1. The highest BCUT2D eigenvalue weighted by atomic mass is 16.5. The number of ether oxygens (including phenoxy) is 1. The average Bonchev–Trinajstić information content (AvgIpc) is 2.41. The molecule has 1 aromatic carbocycles. The van der Waals surface area contributed by atoms with Crippen LogP contribution in [0.3, 0.4) is 0 Å². The molecular weight excluding hydrogens is 238 g/mol. The van der Waals surface area contributed by atoms with Crippen LogP contribution in [-0.4, -0.2) is 4.98 Å². The Labute approximate surface area is 112 Å². The Balaban J connectivity index is 2.31. The van der Waals surface area contributed by atoms with Crippen molar-refractivity contribution in [2.75, 3.05) is 0 Å². The summed E-state index contributed by atoms with van der Waals surface area (Å²) >= 11 is 0. The van der Waals surface area contributed by atoms with Crippen LogP contribution in [0.4, 0.5) is 0 Å². The summed E-state index contributed by atoms with van der Waals surface area (Å²) in [6, 6.07) is 11.0. The van der Waals surface area contributed by atoms with E-state index in [1.165, 1.54) is 0 Å². The molecule has 0 unspecified atom stereocenters. The molecule has 96 valence electrons. The molecule has 4 heteroatoms. The first kappa shape index (κ1) is 13.1. The van der Waals surface area contributed by atoms with Crippen molar-refractivity contribution in [3.05, 3.63) is 53.2 Å². The first-order chi connectivity index (χ1) is 9.10. The fourth-order valence-corrected chi connectivity index (χ4v) is 1.66. The Hall–Kier alpha value is -2.38. The molecule has 1 atom stereocenters. The van der Waals surface area contributed by atoms with E-state index in [2.05, 4.69) is 11.1 Å². The highest BCUT2D eigenvalue weighted by Crippen LogP contribution is 2.25. The Morgan fingerprint density at radius 2 is 2.11 bits per heavy atom. The van der Waals surface area contributed by atoms with Crippen molar-refractivity contribution in [1.82, 2.24) is 4.98 Å². The molecule has 0 aliphatic rings. The normalized spacial score (nSPS) is 11.7. The van der Waals surface area contributed by atoms with Crippen LogP contribution in [0.1, 0.15) is 29.7 Å². The molecule has 0 amide bonds. The van der Waals surface area contributed by atoms with E-state index in [9.17, 15) is 0 Å². The minimum atomic E-state index is -0.0723. The maximum absolute atomic E-state index is 8.90. The lowest BCUT2D eigenvalue weighted by Crippen LogP contribution is -2.05. The van der Waals surface area contributed by atoms with E-state index >= 15 is 0 Å². The Morgan fingerprint density at radius 1 is 1.32 bits per heavy atom. The monoisotopic (exact) mass is 253 g/mol. The van der Waals surface area contributed by atoms with E-state index in [1.54, 1.807) is 18.3 Å². The number of benzene rings is 1. The molecule has 1 aromatic heterocycles. The molecule has 0 bridgehead atoms. The van der Waals surface area contributed by atoms with Gasteiger partial charge in [0, 0.05) is 18.3 Å². The molecule has 0 spiro atoms. The lowest BCUT2D eigenvalue weighted by molar-refractivity contribution is 0.458. The highest BCUT2D eigenvalue weighted by Gasteiger charge is 2.06. The molecule has 19 heavy (non-hydrogen) atoms. The third-order valence-corrected chi connectivity index (χ3v) is 2.82. The third kappa shape index (κ3) is 3.09. The van der Waals surface area contributed by atoms with Gasteiger partial charge < -0.3 is 10.5 Å². The number of rotatable bonds is 3. The summed E-state index contributed by atoms with van der Waals surface area (Å²) in [5.74, 6) is 1.11. The zero-order valence-electron chi connectivity index (χ0n) is 10.9. The number of nitrogens with two attached hydrogens (primary N) is 1. The van der Waals surface area contributed by atoms with Gasteiger partial charge in [-0.1, -0.05) is 6.07 Å². The SMILES string of the molecule is Cc1ccc(C#N)cc1Oc1cc([C@@H](C)N)ccn1. The number of nitrogens with zero attached hydrogens (tertiary/aromatic N) is 2. The van der Waals surface area contributed by atoms with Crippen LogP contribution in [0, 0.1) is 18.3 Å². The minimum absolute atomic E-state index is 0.0723. The molecule has 0 radical (unpaired) electrons. The van der Waals surface area contributed by atoms with Gasteiger partial charge in [-0.15, -0.1) is 0 Å². The molecule has 0 aliphatic heterocycles. The van der Waals surface area contributed by atoms with Crippen molar-refractivity contribution in [2.24, 2.45) is 5.73 Å². The second kappa shape index (κ2) is 5.51. The molecule has 0 saturated carbocycles. The number of nitriles is 1. The number of hydrogen-bond donors (Lipinski definition) is 1. The van der Waals surface area contributed by atoms with Crippen LogP contribution in [0.15, 0.2) is 36.5 Å². The van der Waals surface area contributed by atoms with E-state index in [4.69, 9.17) is 15.7 Å². The van der Waals surface area contributed by atoms with Gasteiger partial charge in [-0.2, -0.15) is 5.26 Å². The smallest absolute Gasteiger partial charge is 0.219 e. The largest absolute Gasteiger partial charge is 0.439 e. The van der Waals surface area contributed by atoms with Gasteiger partial charge in [0.15, 0.2) is 0 Å². The molecular formula is C15H15N3O. The number of pyridine rings is 1. The van der Waals surface area contributed by atoms with E-state index in [0.717, 1.165) is 11.1 Å². The first-order valence-electron chi connectivity index (χ1n) is 6.00. The van der Waals surface area contributed by atoms with Crippen LogP contribution in [0.25, 0.3) is 0 Å². The molecule has 0 aliphatic carbocycles. The standard InChI is InChI=1S/C15H15N3O/c1-10-3-4-12(9-16)7-14(10)19-15-8-13(11(2)17)5-6-18-15/h3-8,11H,17H2,1-2H3/t11-/m1/s1. The van der Waals surface area contributed by atoms with Crippen molar-refractivity contribution < 1.29 is 4.74 Å². The quantitative estimate of drug-likeness (QED) is 0.912. The maximum Gasteiger partial charge on any atom is 0.219 e. The summed E-state index contributed by atoms with van der Waals surface area (Å²) in [7, 11) is 0. The average molecular weight is 253 g/mol. The van der Waals surface area contributed by atoms with Crippen LogP contribution in [0.5, 0.6) is 11.6 Å². The Morgan fingerprint density at radius 3 is 2.79 bits per heavy atom. The molecule has 2 N–H and O–H groups in total.